The van der Waals surface area contributed by atoms with Crippen molar-refractivity contribution in [2.45, 2.75) is 46.2 Å². The number of hydrogen-bond donors (Lipinski definition) is 1. The largest absolute Gasteiger partial charge is 0.370 e. The lowest BCUT2D eigenvalue weighted by molar-refractivity contribution is 0.296. The highest BCUT2D eigenvalue weighted by molar-refractivity contribution is 14.0. The molecule has 0 aliphatic carbocycles. The fraction of sp³-hybridized carbons (Fsp3) is 0.611. The molecular weight excluding hydrogens is 399 g/mol. The lowest BCUT2D eigenvalue weighted by Gasteiger charge is -2.27. The highest BCUT2D eigenvalue weighted by atomic mass is 127. The number of nitrogens with zero attached hydrogens (tertiary/aromatic N) is 3. The van der Waals surface area contributed by atoms with Crippen molar-refractivity contribution < 1.29 is 0 Å². The van der Waals surface area contributed by atoms with E-state index in [9.17, 15) is 0 Å². The number of guanidine groups is 1. The summed E-state index contributed by atoms with van der Waals surface area (Å²) in [6, 6.07) is 8.76. The molecule has 0 unspecified atom stereocenters. The second-order valence-corrected chi connectivity index (χ2v) is 6.00. The van der Waals surface area contributed by atoms with Gasteiger partial charge in [0, 0.05) is 19.6 Å². The van der Waals surface area contributed by atoms with Crippen molar-refractivity contribution in [2.75, 3.05) is 26.2 Å². The molecule has 2 N–H and O–H groups in total. The number of rotatable bonds is 6. The van der Waals surface area contributed by atoms with Gasteiger partial charge >= 0.3 is 0 Å². The zero-order chi connectivity index (χ0) is 15.8. The average molecular weight is 430 g/mol. The fourth-order valence-electron chi connectivity index (χ4n) is 2.85. The molecule has 4 nitrogen and oxygen atoms in total. The Kier molecular flexibility index (Phi) is 9.55. The summed E-state index contributed by atoms with van der Waals surface area (Å²) in [6.45, 7) is 10.4. The van der Waals surface area contributed by atoms with E-state index in [1.807, 2.05) is 0 Å². The van der Waals surface area contributed by atoms with Gasteiger partial charge in [-0.05, 0) is 43.5 Å². The topological polar surface area (TPSA) is 44.9 Å². The van der Waals surface area contributed by atoms with E-state index in [2.05, 4.69) is 52.9 Å². The molecule has 0 radical (unpaired) electrons. The van der Waals surface area contributed by atoms with Gasteiger partial charge in [0.05, 0.1) is 6.54 Å². The highest BCUT2D eigenvalue weighted by Gasteiger charge is 2.11. The van der Waals surface area contributed by atoms with Gasteiger partial charge in [-0.15, -0.1) is 24.0 Å². The molecule has 0 spiro atoms. The van der Waals surface area contributed by atoms with Gasteiger partial charge in [-0.3, -0.25) is 4.90 Å². The van der Waals surface area contributed by atoms with Crippen molar-refractivity contribution in [2.24, 2.45) is 10.7 Å². The van der Waals surface area contributed by atoms with E-state index in [0.29, 0.717) is 12.5 Å². The molecule has 0 amide bonds. The summed E-state index contributed by atoms with van der Waals surface area (Å²) in [5.74, 6) is 0.701. The van der Waals surface area contributed by atoms with Crippen molar-refractivity contribution in [1.82, 2.24) is 9.80 Å². The van der Waals surface area contributed by atoms with E-state index in [1.165, 1.54) is 30.4 Å². The van der Waals surface area contributed by atoms with Crippen LogP contribution in [-0.2, 0) is 13.1 Å². The average Bonchev–Trinajstić information content (AvgIpc) is 2.59. The van der Waals surface area contributed by atoms with E-state index in [-0.39, 0.29) is 24.0 Å². The maximum absolute atomic E-state index is 6.10. The van der Waals surface area contributed by atoms with Crippen molar-refractivity contribution in [1.29, 1.82) is 0 Å². The number of likely N-dealkylation sites (tertiary alicyclic amines) is 1. The molecule has 1 aliphatic rings. The van der Waals surface area contributed by atoms with Crippen LogP contribution in [-0.4, -0.2) is 41.9 Å². The van der Waals surface area contributed by atoms with Crippen molar-refractivity contribution in [3.8, 4) is 0 Å². The monoisotopic (exact) mass is 430 g/mol. The number of aliphatic imine (C=N–C) groups is 1. The van der Waals surface area contributed by atoms with Crippen LogP contribution in [0.1, 0.15) is 44.2 Å². The summed E-state index contributed by atoms with van der Waals surface area (Å²) in [4.78, 5) is 9.18. The molecular formula is C18H31IN4. The second-order valence-electron chi connectivity index (χ2n) is 6.00. The van der Waals surface area contributed by atoms with E-state index < -0.39 is 0 Å². The first-order chi connectivity index (χ1) is 10.7. The smallest absolute Gasteiger partial charge is 0.191 e. The molecule has 23 heavy (non-hydrogen) atoms. The van der Waals surface area contributed by atoms with Crippen LogP contribution in [0, 0.1) is 0 Å². The number of halogens is 1. The second kappa shape index (κ2) is 10.9. The number of benzene rings is 1. The third-order valence-electron chi connectivity index (χ3n) is 4.43. The van der Waals surface area contributed by atoms with E-state index >= 15 is 0 Å². The van der Waals surface area contributed by atoms with Gasteiger partial charge in [0.25, 0.3) is 0 Å². The maximum Gasteiger partial charge on any atom is 0.191 e. The molecule has 0 bridgehead atoms. The van der Waals surface area contributed by atoms with Crippen LogP contribution in [0.25, 0.3) is 0 Å². The molecule has 5 heteroatoms. The zero-order valence-corrected chi connectivity index (χ0v) is 16.8. The Labute approximate surface area is 158 Å². The quantitative estimate of drug-likeness (QED) is 0.427. The Morgan fingerprint density at radius 1 is 1.04 bits per heavy atom. The van der Waals surface area contributed by atoms with E-state index in [4.69, 9.17) is 5.73 Å². The molecule has 1 aromatic carbocycles. The lowest BCUT2D eigenvalue weighted by atomic mass is 10.1. The molecule has 1 heterocycles. The Hall–Kier alpha value is -0.820. The van der Waals surface area contributed by atoms with Crippen molar-refractivity contribution >= 4 is 29.9 Å². The Morgan fingerprint density at radius 2 is 1.61 bits per heavy atom. The van der Waals surface area contributed by atoms with Gasteiger partial charge in [-0.25, -0.2) is 4.99 Å². The Balaban J connectivity index is 0.00000264. The van der Waals surface area contributed by atoms with Crippen molar-refractivity contribution in [3.05, 3.63) is 35.4 Å². The molecule has 1 aliphatic heterocycles. The molecule has 0 aromatic heterocycles. The molecule has 0 saturated carbocycles. The normalized spacial score (nSPS) is 15.6. The fourth-order valence-corrected chi connectivity index (χ4v) is 2.85. The van der Waals surface area contributed by atoms with Gasteiger partial charge < -0.3 is 10.6 Å². The van der Waals surface area contributed by atoms with Crippen LogP contribution in [0.15, 0.2) is 29.3 Å². The lowest BCUT2D eigenvalue weighted by Crippen LogP contribution is -2.40. The Bertz CT molecular complexity index is 462. The summed E-state index contributed by atoms with van der Waals surface area (Å²) in [7, 11) is 0. The van der Waals surface area contributed by atoms with Crippen LogP contribution in [0.4, 0.5) is 0 Å². The van der Waals surface area contributed by atoms with Crippen LogP contribution in [0.5, 0.6) is 0 Å². The van der Waals surface area contributed by atoms with Crippen LogP contribution < -0.4 is 5.73 Å². The first-order valence-electron chi connectivity index (χ1n) is 8.58. The van der Waals surface area contributed by atoms with Gasteiger partial charge in [-0.2, -0.15) is 0 Å². The first kappa shape index (κ1) is 20.2. The van der Waals surface area contributed by atoms with Gasteiger partial charge in [0.1, 0.15) is 0 Å². The van der Waals surface area contributed by atoms with Gasteiger partial charge in [0.15, 0.2) is 5.96 Å². The van der Waals surface area contributed by atoms with Crippen LogP contribution in [0.2, 0.25) is 0 Å². The standard InChI is InChI=1S/C18H30N4.HI/c1-3-21(4-2)15-17-10-8-16(9-11-17)14-20-18(19)22-12-6-5-7-13-22;/h8-11H,3-7,12-15H2,1-2H3,(H2,19,20);1H. The molecule has 1 aromatic rings. The number of hydrogen-bond acceptors (Lipinski definition) is 2. The highest BCUT2D eigenvalue weighted by Crippen LogP contribution is 2.10. The zero-order valence-electron chi connectivity index (χ0n) is 14.5. The summed E-state index contributed by atoms with van der Waals surface area (Å²) >= 11 is 0. The van der Waals surface area contributed by atoms with Gasteiger partial charge in [-0.1, -0.05) is 38.1 Å². The molecule has 1 fully saturated rings. The van der Waals surface area contributed by atoms with E-state index in [0.717, 1.165) is 32.7 Å². The number of piperidine rings is 1. The maximum atomic E-state index is 6.10. The molecule has 130 valence electrons. The van der Waals surface area contributed by atoms with Gasteiger partial charge in [0.2, 0.25) is 0 Å². The molecule has 2 rings (SSSR count). The van der Waals surface area contributed by atoms with Crippen molar-refractivity contribution in [3.63, 3.8) is 0 Å². The summed E-state index contributed by atoms with van der Waals surface area (Å²) in [5.41, 5.74) is 8.68. The summed E-state index contributed by atoms with van der Waals surface area (Å²) < 4.78 is 0. The Morgan fingerprint density at radius 3 is 2.17 bits per heavy atom. The predicted molar refractivity (Wildman–Crippen MR) is 109 cm³/mol. The third-order valence-corrected chi connectivity index (χ3v) is 4.43. The minimum absolute atomic E-state index is 0. The van der Waals surface area contributed by atoms with Crippen LogP contribution >= 0.6 is 24.0 Å². The summed E-state index contributed by atoms with van der Waals surface area (Å²) in [5, 5.41) is 0. The minimum Gasteiger partial charge on any atom is -0.370 e. The molecule has 0 atom stereocenters. The first-order valence-corrected chi connectivity index (χ1v) is 8.58. The predicted octanol–water partition coefficient (Wildman–Crippen LogP) is 3.45. The SMILES string of the molecule is CCN(CC)Cc1ccc(CN=C(N)N2CCCCC2)cc1.I. The van der Waals surface area contributed by atoms with Crippen LogP contribution in [0.3, 0.4) is 0 Å². The number of nitrogens with two attached hydrogens (primary N) is 1. The third kappa shape index (κ3) is 6.67. The van der Waals surface area contributed by atoms with E-state index in [1.54, 1.807) is 0 Å². The molecule has 1 saturated heterocycles. The minimum atomic E-state index is 0. The summed E-state index contributed by atoms with van der Waals surface area (Å²) in [6.07, 6.45) is 3.78.